The van der Waals surface area contributed by atoms with Crippen molar-refractivity contribution in [1.82, 2.24) is 4.90 Å². The van der Waals surface area contributed by atoms with Gasteiger partial charge in [0, 0.05) is 31.7 Å². The lowest BCUT2D eigenvalue weighted by molar-refractivity contribution is -0.133. The lowest BCUT2D eigenvalue weighted by Gasteiger charge is -2.46. The first kappa shape index (κ1) is 19.7. The quantitative estimate of drug-likeness (QED) is 0.790. The average Bonchev–Trinajstić information content (AvgIpc) is 2.75. The van der Waals surface area contributed by atoms with Crippen LogP contribution in [0, 0.1) is 5.82 Å². The van der Waals surface area contributed by atoms with E-state index in [1.807, 2.05) is 11.0 Å². The molecule has 1 amide bonds. The van der Waals surface area contributed by atoms with E-state index in [2.05, 4.69) is 6.07 Å². The van der Waals surface area contributed by atoms with Gasteiger partial charge in [0.1, 0.15) is 5.82 Å². The maximum absolute atomic E-state index is 13.2. The zero-order valence-electron chi connectivity index (χ0n) is 16.9. The molecule has 0 aromatic heterocycles. The topological polar surface area (TPSA) is 48.0 Å². The summed E-state index contributed by atoms with van der Waals surface area (Å²) in [5.74, 6) is 1.13. The molecule has 0 N–H and O–H groups in total. The summed E-state index contributed by atoms with van der Waals surface area (Å²) in [4.78, 5) is 15.0. The van der Waals surface area contributed by atoms with Crippen LogP contribution in [-0.4, -0.2) is 44.8 Å². The van der Waals surface area contributed by atoms with Gasteiger partial charge in [0.25, 0.3) is 0 Å². The van der Waals surface area contributed by atoms with E-state index in [0.717, 1.165) is 24.0 Å². The molecule has 0 atom stereocenters. The second-order valence-electron chi connectivity index (χ2n) is 7.81. The Morgan fingerprint density at radius 3 is 2.41 bits per heavy atom. The lowest BCUT2D eigenvalue weighted by Crippen LogP contribution is -2.50. The molecule has 2 aliphatic heterocycles. The van der Waals surface area contributed by atoms with E-state index in [-0.39, 0.29) is 23.6 Å². The minimum Gasteiger partial charge on any atom is -0.493 e. The minimum absolute atomic E-state index is 0.0444. The number of hydrogen-bond donors (Lipinski definition) is 0. The molecule has 2 aliphatic rings. The van der Waals surface area contributed by atoms with Gasteiger partial charge < -0.3 is 19.1 Å². The number of benzene rings is 2. The number of hydrogen-bond acceptors (Lipinski definition) is 4. The van der Waals surface area contributed by atoms with Gasteiger partial charge in [-0.3, -0.25) is 4.79 Å². The largest absolute Gasteiger partial charge is 0.493 e. The Labute approximate surface area is 170 Å². The Morgan fingerprint density at radius 2 is 1.76 bits per heavy atom. The first-order chi connectivity index (χ1) is 14.0. The summed E-state index contributed by atoms with van der Waals surface area (Å²) in [7, 11) is 3.26. The summed E-state index contributed by atoms with van der Waals surface area (Å²) in [5, 5.41) is 0. The van der Waals surface area contributed by atoms with Gasteiger partial charge in [-0.2, -0.15) is 0 Å². The van der Waals surface area contributed by atoms with Crippen molar-refractivity contribution in [2.45, 2.75) is 31.2 Å². The van der Waals surface area contributed by atoms with E-state index in [1.165, 1.54) is 17.7 Å². The lowest BCUT2D eigenvalue weighted by atomic mass is 9.69. The van der Waals surface area contributed by atoms with E-state index in [0.29, 0.717) is 37.8 Å². The van der Waals surface area contributed by atoms with Gasteiger partial charge in [0.15, 0.2) is 11.5 Å². The molecule has 1 fully saturated rings. The molecule has 154 valence electrons. The minimum atomic E-state index is -0.296. The number of rotatable bonds is 4. The number of carbonyl (C=O) groups excluding carboxylic acids is 1. The van der Waals surface area contributed by atoms with Gasteiger partial charge >= 0.3 is 0 Å². The normalized spacial score (nSPS) is 17.7. The third kappa shape index (κ3) is 3.81. The molecule has 2 aromatic carbocycles. The van der Waals surface area contributed by atoms with Crippen LogP contribution in [0.15, 0.2) is 36.4 Å². The average molecular weight is 399 g/mol. The smallest absolute Gasteiger partial charge is 0.227 e. The Morgan fingerprint density at radius 1 is 1.10 bits per heavy atom. The van der Waals surface area contributed by atoms with Crippen LogP contribution in [0.5, 0.6) is 11.5 Å². The van der Waals surface area contributed by atoms with Crippen molar-refractivity contribution in [3.63, 3.8) is 0 Å². The number of carbonyl (C=O) groups is 1. The van der Waals surface area contributed by atoms with Crippen LogP contribution in [0.2, 0.25) is 0 Å². The van der Waals surface area contributed by atoms with E-state index in [4.69, 9.17) is 14.2 Å². The fourth-order valence-electron chi connectivity index (χ4n) is 4.51. The fourth-order valence-corrected chi connectivity index (χ4v) is 4.51. The van der Waals surface area contributed by atoms with Crippen molar-refractivity contribution in [2.75, 3.05) is 34.0 Å². The zero-order valence-corrected chi connectivity index (χ0v) is 16.9. The van der Waals surface area contributed by atoms with Crippen LogP contribution in [0.25, 0.3) is 0 Å². The highest BCUT2D eigenvalue weighted by atomic mass is 19.1. The maximum atomic E-state index is 13.2. The second-order valence-corrected chi connectivity index (χ2v) is 7.81. The molecule has 2 aromatic rings. The summed E-state index contributed by atoms with van der Waals surface area (Å²) in [5.41, 5.74) is 2.98. The van der Waals surface area contributed by atoms with Crippen LogP contribution in [0.4, 0.5) is 4.39 Å². The first-order valence-electron chi connectivity index (χ1n) is 9.90. The van der Waals surface area contributed by atoms with E-state index in [1.54, 1.807) is 26.4 Å². The van der Waals surface area contributed by atoms with Crippen molar-refractivity contribution < 1.29 is 23.4 Å². The van der Waals surface area contributed by atoms with E-state index < -0.39 is 0 Å². The molecule has 0 aliphatic carbocycles. The number of methoxy groups -OCH3 is 2. The van der Waals surface area contributed by atoms with Crippen LogP contribution in [0.1, 0.15) is 29.5 Å². The molecule has 0 saturated carbocycles. The SMILES string of the molecule is COc1cc2c(cc1OC)C1(CCOCC1)CN(C(=O)Cc1ccc(F)cc1)C2. The van der Waals surface area contributed by atoms with Crippen LogP contribution in [-0.2, 0) is 27.9 Å². The van der Waals surface area contributed by atoms with Gasteiger partial charge in [-0.15, -0.1) is 0 Å². The number of halogens is 1. The Balaban J connectivity index is 1.67. The summed E-state index contributed by atoms with van der Waals surface area (Å²) < 4.78 is 29.8. The van der Waals surface area contributed by atoms with Crippen LogP contribution < -0.4 is 9.47 Å². The second kappa shape index (κ2) is 8.03. The summed E-state index contributed by atoms with van der Waals surface area (Å²) in [6, 6.07) is 10.2. The van der Waals surface area contributed by atoms with Crippen molar-refractivity contribution >= 4 is 5.91 Å². The predicted molar refractivity (Wildman–Crippen MR) is 107 cm³/mol. The summed E-state index contributed by atoms with van der Waals surface area (Å²) >= 11 is 0. The fraction of sp³-hybridized carbons (Fsp3) is 0.435. The van der Waals surface area contributed by atoms with Gasteiger partial charge in [-0.05, 0) is 53.8 Å². The van der Waals surface area contributed by atoms with Crippen molar-refractivity contribution in [3.05, 3.63) is 58.9 Å². The van der Waals surface area contributed by atoms with Crippen LogP contribution in [0.3, 0.4) is 0 Å². The highest BCUT2D eigenvalue weighted by Gasteiger charge is 2.42. The third-order valence-corrected chi connectivity index (χ3v) is 6.11. The molecule has 0 unspecified atom stereocenters. The van der Waals surface area contributed by atoms with E-state index in [9.17, 15) is 9.18 Å². The number of amides is 1. The number of nitrogens with zero attached hydrogens (tertiary/aromatic N) is 1. The standard InChI is InChI=1S/C23H26FNO4/c1-27-20-12-17-14-25(22(26)11-16-3-5-18(24)6-4-16)15-23(7-9-29-10-8-23)19(17)13-21(20)28-2/h3-6,12-13H,7-11,14-15H2,1-2H3. The van der Waals surface area contributed by atoms with Gasteiger partial charge in [0.2, 0.25) is 5.91 Å². The molecule has 1 spiro atoms. The Bertz CT molecular complexity index is 890. The maximum Gasteiger partial charge on any atom is 0.227 e. The molecular formula is C23H26FNO4. The molecule has 6 heteroatoms. The van der Waals surface area contributed by atoms with Gasteiger partial charge in [0.05, 0.1) is 20.6 Å². The molecule has 0 bridgehead atoms. The molecule has 5 nitrogen and oxygen atoms in total. The van der Waals surface area contributed by atoms with Crippen LogP contribution >= 0.6 is 0 Å². The van der Waals surface area contributed by atoms with Crippen molar-refractivity contribution in [2.24, 2.45) is 0 Å². The first-order valence-corrected chi connectivity index (χ1v) is 9.90. The van der Waals surface area contributed by atoms with Crippen molar-refractivity contribution in [1.29, 1.82) is 0 Å². The highest BCUT2D eigenvalue weighted by molar-refractivity contribution is 5.79. The van der Waals surface area contributed by atoms with Gasteiger partial charge in [-0.1, -0.05) is 12.1 Å². The third-order valence-electron chi connectivity index (χ3n) is 6.11. The number of fused-ring (bicyclic) bond motifs is 2. The van der Waals surface area contributed by atoms with Gasteiger partial charge in [-0.25, -0.2) is 4.39 Å². The number of ether oxygens (including phenoxy) is 3. The highest BCUT2D eigenvalue weighted by Crippen LogP contribution is 2.45. The monoisotopic (exact) mass is 399 g/mol. The molecule has 4 rings (SSSR count). The molecule has 2 heterocycles. The predicted octanol–water partition coefficient (Wildman–Crippen LogP) is 3.48. The summed E-state index contributed by atoms with van der Waals surface area (Å²) in [6.45, 7) is 2.53. The molecule has 1 saturated heterocycles. The molecule has 0 radical (unpaired) electrons. The zero-order chi connectivity index (χ0) is 20.4. The Kier molecular flexibility index (Phi) is 5.46. The van der Waals surface area contributed by atoms with E-state index >= 15 is 0 Å². The Hall–Kier alpha value is -2.60. The molecule has 29 heavy (non-hydrogen) atoms. The summed E-state index contributed by atoms with van der Waals surface area (Å²) in [6.07, 6.45) is 1.97. The van der Waals surface area contributed by atoms with Crippen molar-refractivity contribution in [3.8, 4) is 11.5 Å². The molecular weight excluding hydrogens is 373 g/mol.